The SMILES string of the molecule is CCN(CC)c1cc(Cl)nc(SCC(=O)NCCN2CCCC2)n1. The molecule has 0 aliphatic carbocycles. The Labute approximate surface area is 153 Å². The molecule has 0 spiro atoms. The number of carbonyl (C=O) groups excluding carboxylic acids is 1. The molecule has 2 rings (SSSR count). The molecule has 1 N–H and O–H groups in total. The van der Waals surface area contributed by atoms with E-state index in [4.69, 9.17) is 11.6 Å². The minimum absolute atomic E-state index is 0.00663. The van der Waals surface area contributed by atoms with E-state index in [-0.39, 0.29) is 5.91 Å². The lowest BCUT2D eigenvalue weighted by Crippen LogP contribution is -2.34. The Bertz CT molecular complexity index is 535. The van der Waals surface area contributed by atoms with Gasteiger partial charge in [-0.3, -0.25) is 4.79 Å². The van der Waals surface area contributed by atoms with E-state index in [9.17, 15) is 4.79 Å². The summed E-state index contributed by atoms with van der Waals surface area (Å²) in [6, 6.07) is 1.76. The molecule has 1 amide bonds. The highest BCUT2D eigenvalue weighted by Gasteiger charge is 2.13. The van der Waals surface area contributed by atoms with Gasteiger partial charge in [-0.25, -0.2) is 9.97 Å². The first-order valence-electron chi connectivity index (χ1n) is 8.53. The predicted octanol–water partition coefficient (Wildman–Crippen LogP) is 2.28. The van der Waals surface area contributed by atoms with Gasteiger partial charge in [-0.2, -0.15) is 0 Å². The highest BCUT2D eigenvalue weighted by atomic mass is 35.5. The zero-order valence-electron chi connectivity index (χ0n) is 14.4. The van der Waals surface area contributed by atoms with Crippen molar-refractivity contribution in [2.24, 2.45) is 0 Å². The van der Waals surface area contributed by atoms with Gasteiger partial charge >= 0.3 is 0 Å². The summed E-state index contributed by atoms with van der Waals surface area (Å²) in [5, 5.41) is 3.90. The molecule has 1 aromatic rings. The Morgan fingerprint density at radius 1 is 1.33 bits per heavy atom. The number of anilines is 1. The van der Waals surface area contributed by atoms with Crippen molar-refractivity contribution in [2.45, 2.75) is 31.8 Å². The maximum Gasteiger partial charge on any atom is 0.230 e. The second-order valence-corrected chi connectivity index (χ2v) is 7.02. The fourth-order valence-corrected chi connectivity index (χ4v) is 3.61. The van der Waals surface area contributed by atoms with Gasteiger partial charge in [0.25, 0.3) is 0 Å². The lowest BCUT2D eigenvalue weighted by molar-refractivity contribution is -0.118. The van der Waals surface area contributed by atoms with Gasteiger partial charge in [0.15, 0.2) is 5.16 Å². The molecule has 0 bridgehead atoms. The summed E-state index contributed by atoms with van der Waals surface area (Å²) in [6.45, 7) is 9.76. The Kier molecular flexibility index (Phi) is 8.08. The minimum Gasteiger partial charge on any atom is -0.357 e. The number of nitrogens with zero attached hydrogens (tertiary/aromatic N) is 4. The number of halogens is 1. The third kappa shape index (κ3) is 6.11. The van der Waals surface area contributed by atoms with Crippen LogP contribution in [0.5, 0.6) is 0 Å². The number of rotatable bonds is 9. The van der Waals surface area contributed by atoms with Crippen molar-refractivity contribution in [3.8, 4) is 0 Å². The molecule has 1 aromatic heterocycles. The standard InChI is InChI=1S/C16H26ClN5OS/c1-3-22(4-2)14-11-13(17)19-16(20-14)24-12-15(23)18-7-10-21-8-5-6-9-21/h11H,3-10,12H2,1-2H3,(H,18,23). The van der Waals surface area contributed by atoms with Crippen LogP contribution in [0.3, 0.4) is 0 Å². The van der Waals surface area contributed by atoms with Crippen LogP contribution >= 0.6 is 23.4 Å². The van der Waals surface area contributed by atoms with Crippen LogP contribution in [0.2, 0.25) is 5.15 Å². The second-order valence-electron chi connectivity index (χ2n) is 5.69. The maximum absolute atomic E-state index is 12.0. The minimum atomic E-state index is 0.00663. The average Bonchev–Trinajstić information content (AvgIpc) is 3.07. The molecule has 0 saturated carbocycles. The van der Waals surface area contributed by atoms with E-state index < -0.39 is 0 Å². The molecular formula is C16H26ClN5OS. The lowest BCUT2D eigenvalue weighted by atomic mass is 10.4. The van der Waals surface area contributed by atoms with Gasteiger partial charge < -0.3 is 15.1 Å². The van der Waals surface area contributed by atoms with Crippen molar-refractivity contribution >= 4 is 35.1 Å². The van der Waals surface area contributed by atoms with Crippen LogP contribution in [0.1, 0.15) is 26.7 Å². The molecule has 1 aliphatic heterocycles. The molecule has 0 atom stereocenters. The van der Waals surface area contributed by atoms with Gasteiger partial charge in [-0.1, -0.05) is 23.4 Å². The van der Waals surface area contributed by atoms with Crippen LogP contribution in [0.25, 0.3) is 0 Å². The van der Waals surface area contributed by atoms with E-state index in [0.29, 0.717) is 22.6 Å². The van der Waals surface area contributed by atoms with E-state index in [1.807, 2.05) is 0 Å². The van der Waals surface area contributed by atoms with Gasteiger partial charge in [-0.05, 0) is 39.8 Å². The Balaban J connectivity index is 1.78. The van der Waals surface area contributed by atoms with Crippen LogP contribution in [0.4, 0.5) is 5.82 Å². The van der Waals surface area contributed by atoms with E-state index in [0.717, 1.165) is 38.5 Å². The Morgan fingerprint density at radius 3 is 2.71 bits per heavy atom. The largest absolute Gasteiger partial charge is 0.357 e. The number of thioether (sulfide) groups is 1. The van der Waals surface area contributed by atoms with Gasteiger partial charge in [-0.15, -0.1) is 0 Å². The fraction of sp³-hybridized carbons (Fsp3) is 0.688. The molecule has 0 unspecified atom stereocenters. The summed E-state index contributed by atoms with van der Waals surface area (Å²) < 4.78 is 0. The van der Waals surface area contributed by atoms with E-state index >= 15 is 0 Å². The smallest absolute Gasteiger partial charge is 0.230 e. The van der Waals surface area contributed by atoms with Crippen molar-refractivity contribution in [3.05, 3.63) is 11.2 Å². The Hall–Kier alpha value is -1.05. The molecule has 24 heavy (non-hydrogen) atoms. The molecule has 6 nitrogen and oxygen atoms in total. The van der Waals surface area contributed by atoms with E-state index in [2.05, 4.69) is 38.9 Å². The third-order valence-electron chi connectivity index (χ3n) is 4.03. The van der Waals surface area contributed by atoms with Gasteiger partial charge in [0.2, 0.25) is 5.91 Å². The first-order chi connectivity index (χ1) is 11.6. The summed E-state index contributed by atoms with van der Waals surface area (Å²) in [7, 11) is 0. The van der Waals surface area contributed by atoms with Crippen molar-refractivity contribution in [3.63, 3.8) is 0 Å². The number of amides is 1. The second kappa shape index (κ2) is 10.1. The molecule has 2 heterocycles. The lowest BCUT2D eigenvalue weighted by Gasteiger charge is -2.20. The summed E-state index contributed by atoms with van der Waals surface area (Å²) in [5.41, 5.74) is 0. The van der Waals surface area contributed by atoms with Crippen LogP contribution in [-0.2, 0) is 4.79 Å². The number of nitrogens with one attached hydrogen (secondary N) is 1. The van der Waals surface area contributed by atoms with E-state index in [1.165, 1.54) is 24.6 Å². The fourth-order valence-electron chi connectivity index (χ4n) is 2.70. The third-order valence-corrected chi connectivity index (χ3v) is 5.07. The highest BCUT2D eigenvalue weighted by molar-refractivity contribution is 7.99. The maximum atomic E-state index is 12.0. The molecule has 8 heteroatoms. The summed E-state index contributed by atoms with van der Waals surface area (Å²) >= 11 is 7.40. The van der Waals surface area contributed by atoms with Crippen LogP contribution < -0.4 is 10.2 Å². The van der Waals surface area contributed by atoms with Gasteiger partial charge in [0.1, 0.15) is 11.0 Å². The van der Waals surface area contributed by atoms with Crippen molar-refractivity contribution < 1.29 is 4.79 Å². The zero-order valence-corrected chi connectivity index (χ0v) is 16.0. The van der Waals surface area contributed by atoms with Crippen LogP contribution in [0.15, 0.2) is 11.2 Å². The summed E-state index contributed by atoms with van der Waals surface area (Å²) in [6.07, 6.45) is 2.54. The van der Waals surface area contributed by atoms with E-state index in [1.54, 1.807) is 6.07 Å². The molecule has 0 aromatic carbocycles. The first-order valence-corrected chi connectivity index (χ1v) is 9.90. The van der Waals surface area contributed by atoms with Gasteiger partial charge in [0, 0.05) is 32.2 Å². The van der Waals surface area contributed by atoms with Crippen LogP contribution in [-0.4, -0.2) is 65.8 Å². The molecular weight excluding hydrogens is 346 g/mol. The topological polar surface area (TPSA) is 61.4 Å². The number of aromatic nitrogens is 2. The predicted molar refractivity (Wildman–Crippen MR) is 100 cm³/mol. The summed E-state index contributed by atoms with van der Waals surface area (Å²) in [5.74, 6) is 1.11. The molecule has 0 radical (unpaired) electrons. The number of likely N-dealkylation sites (tertiary alicyclic amines) is 1. The van der Waals surface area contributed by atoms with Crippen LogP contribution in [0, 0.1) is 0 Å². The number of hydrogen-bond donors (Lipinski definition) is 1. The average molecular weight is 372 g/mol. The summed E-state index contributed by atoms with van der Waals surface area (Å²) in [4.78, 5) is 25.1. The molecule has 1 saturated heterocycles. The Morgan fingerprint density at radius 2 is 2.04 bits per heavy atom. The number of carbonyl (C=O) groups is 1. The zero-order chi connectivity index (χ0) is 17.4. The van der Waals surface area contributed by atoms with Crippen molar-refractivity contribution in [1.29, 1.82) is 0 Å². The normalized spacial score (nSPS) is 14.8. The van der Waals surface area contributed by atoms with Crippen molar-refractivity contribution in [1.82, 2.24) is 20.2 Å². The molecule has 1 aliphatic rings. The quantitative estimate of drug-likeness (QED) is 0.408. The monoisotopic (exact) mass is 371 g/mol. The number of hydrogen-bond acceptors (Lipinski definition) is 6. The first kappa shape index (κ1) is 19.3. The molecule has 1 fully saturated rings. The van der Waals surface area contributed by atoms with Gasteiger partial charge in [0.05, 0.1) is 5.75 Å². The molecule has 134 valence electrons. The highest BCUT2D eigenvalue weighted by Crippen LogP contribution is 2.21. The van der Waals surface area contributed by atoms with Crippen molar-refractivity contribution in [2.75, 3.05) is 49.9 Å².